The predicted octanol–water partition coefficient (Wildman–Crippen LogP) is 1.11. The molecule has 3 rings (SSSR count). The molecule has 7 nitrogen and oxygen atoms in total. The number of carbonyl (C=O) groups is 2. The van der Waals surface area contributed by atoms with Crippen molar-refractivity contribution < 1.29 is 19.2 Å². The van der Waals surface area contributed by atoms with Gasteiger partial charge in [-0.25, -0.2) is 0 Å². The topological polar surface area (TPSA) is 95.7 Å². The molecule has 0 radical (unpaired) electrons. The van der Waals surface area contributed by atoms with Crippen LogP contribution in [-0.4, -0.2) is 46.7 Å². The van der Waals surface area contributed by atoms with Crippen molar-refractivity contribution in [3.8, 4) is 0 Å². The van der Waals surface area contributed by atoms with Crippen LogP contribution in [0.25, 0.3) is 0 Å². The molecule has 1 aliphatic carbocycles. The van der Waals surface area contributed by atoms with Crippen LogP contribution in [-0.2, 0) is 9.59 Å². The van der Waals surface area contributed by atoms with Crippen LogP contribution in [0.4, 0.5) is 5.82 Å². The standard InChI is InChI=1S/C14H19N3O4/c1-9-5-11(16-21-9)15-12(18)7-17-6-10-3-2-4-14(10,8-17)13(19)20/h5,10H,2-4,6-8H2,1H3,(H,19,20)(H,15,16,18)/t10-,14+/m0/s1. The normalized spacial score (nSPS) is 28.5. The number of aromatic nitrogens is 1. The minimum Gasteiger partial charge on any atom is -0.481 e. The van der Waals surface area contributed by atoms with Crippen LogP contribution in [0.1, 0.15) is 25.0 Å². The molecule has 0 aromatic carbocycles. The van der Waals surface area contributed by atoms with Crippen LogP contribution in [0.15, 0.2) is 10.6 Å². The third-order valence-corrected chi connectivity index (χ3v) is 4.63. The van der Waals surface area contributed by atoms with Crippen molar-refractivity contribution in [1.29, 1.82) is 0 Å². The van der Waals surface area contributed by atoms with Gasteiger partial charge in [-0.05, 0) is 25.7 Å². The average molecular weight is 293 g/mol. The molecule has 0 unspecified atom stereocenters. The molecular formula is C14H19N3O4. The van der Waals surface area contributed by atoms with Gasteiger partial charge < -0.3 is 14.9 Å². The van der Waals surface area contributed by atoms with Crippen molar-refractivity contribution in [1.82, 2.24) is 10.1 Å². The maximum absolute atomic E-state index is 12.0. The van der Waals surface area contributed by atoms with Gasteiger partial charge in [0.2, 0.25) is 5.91 Å². The number of fused-ring (bicyclic) bond motifs is 1. The van der Waals surface area contributed by atoms with E-state index in [1.165, 1.54) is 0 Å². The van der Waals surface area contributed by atoms with E-state index in [-0.39, 0.29) is 18.4 Å². The number of hydrogen-bond acceptors (Lipinski definition) is 5. The highest BCUT2D eigenvalue weighted by Crippen LogP contribution is 2.48. The van der Waals surface area contributed by atoms with E-state index in [1.54, 1.807) is 13.0 Å². The van der Waals surface area contributed by atoms with Crippen LogP contribution < -0.4 is 5.32 Å². The molecule has 2 N–H and O–H groups in total. The molecule has 2 heterocycles. The lowest BCUT2D eigenvalue weighted by Gasteiger charge is -2.23. The zero-order valence-corrected chi connectivity index (χ0v) is 12.0. The minimum absolute atomic E-state index is 0.164. The average Bonchev–Trinajstić information content (AvgIpc) is 3.03. The van der Waals surface area contributed by atoms with Crippen molar-refractivity contribution in [3.05, 3.63) is 11.8 Å². The molecule has 1 saturated heterocycles. The maximum atomic E-state index is 12.0. The number of likely N-dealkylation sites (tertiary alicyclic amines) is 1. The zero-order chi connectivity index (χ0) is 15.0. The van der Waals surface area contributed by atoms with Gasteiger partial charge in [-0.15, -0.1) is 0 Å². The summed E-state index contributed by atoms with van der Waals surface area (Å²) in [7, 11) is 0. The van der Waals surface area contributed by atoms with Crippen LogP contribution >= 0.6 is 0 Å². The number of anilines is 1. The number of aryl methyl sites for hydroxylation is 1. The first kappa shape index (κ1) is 14.1. The SMILES string of the molecule is Cc1cc(NC(=O)CN2C[C@@H]3CCC[C@@]3(C(=O)O)C2)no1. The molecule has 7 heteroatoms. The summed E-state index contributed by atoms with van der Waals surface area (Å²) in [5, 5.41) is 15.9. The second-order valence-corrected chi connectivity index (χ2v) is 6.09. The molecule has 1 aliphatic heterocycles. The van der Waals surface area contributed by atoms with Gasteiger partial charge >= 0.3 is 5.97 Å². The van der Waals surface area contributed by atoms with Crippen molar-refractivity contribution in [2.24, 2.45) is 11.3 Å². The van der Waals surface area contributed by atoms with Crippen molar-refractivity contribution >= 4 is 17.7 Å². The smallest absolute Gasteiger partial charge is 0.311 e. The molecule has 0 spiro atoms. The first-order valence-corrected chi connectivity index (χ1v) is 7.18. The lowest BCUT2D eigenvalue weighted by molar-refractivity contribution is -0.149. The summed E-state index contributed by atoms with van der Waals surface area (Å²) in [6.45, 7) is 3.08. The molecule has 0 bridgehead atoms. The van der Waals surface area contributed by atoms with Gasteiger partial charge in [0.05, 0.1) is 12.0 Å². The Balaban J connectivity index is 1.59. The summed E-state index contributed by atoms with van der Waals surface area (Å²) in [6.07, 6.45) is 2.62. The Morgan fingerprint density at radius 2 is 2.43 bits per heavy atom. The minimum atomic E-state index is -0.722. The Morgan fingerprint density at radius 1 is 1.62 bits per heavy atom. The van der Waals surface area contributed by atoms with E-state index in [1.807, 2.05) is 4.90 Å². The second-order valence-electron chi connectivity index (χ2n) is 6.09. The quantitative estimate of drug-likeness (QED) is 0.863. The number of carboxylic acid groups (broad SMARTS) is 1. The number of amides is 1. The van der Waals surface area contributed by atoms with Crippen molar-refractivity contribution in [2.75, 3.05) is 25.0 Å². The fourth-order valence-corrected chi connectivity index (χ4v) is 3.67. The highest BCUT2D eigenvalue weighted by molar-refractivity contribution is 5.91. The van der Waals surface area contributed by atoms with Gasteiger partial charge in [-0.3, -0.25) is 14.5 Å². The molecule has 2 fully saturated rings. The Hall–Kier alpha value is -1.89. The van der Waals surface area contributed by atoms with Crippen LogP contribution in [0.5, 0.6) is 0 Å². The summed E-state index contributed by atoms with van der Waals surface area (Å²) in [4.78, 5) is 25.5. The Bertz CT molecular complexity index is 570. The first-order valence-electron chi connectivity index (χ1n) is 7.18. The number of hydrogen-bond donors (Lipinski definition) is 2. The molecule has 1 amide bonds. The fraction of sp³-hybridized carbons (Fsp3) is 0.643. The van der Waals surface area contributed by atoms with E-state index in [0.29, 0.717) is 31.1 Å². The molecule has 1 aromatic heterocycles. The van der Waals surface area contributed by atoms with Crippen LogP contribution in [0.2, 0.25) is 0 Å². The molecule has 2 atom stereocenters. The summed E-state index contributed by atoms with van der Waals surface area (Å²) in [6, 6.07) is 1.65. The largest absolute Gasteiger partial charge is 0.481 e. The highest BCUT2D eigenvalue weighted by atomic mass is 16.5. The van der Waals surface area contributed by atoms with Gasteiger partial charge in [0.1, 0.15) is 5.76 Å². The van der Waals surface area contributed by atoms with Crippen LogP contribution in [0.3, 0.4) is 0 Å². The molecular weight excluding hydrogens is 274 g/mol. The number of carboxylic acids is 1. The number of aliphatic carboxylic acids is 1. The summed E-state index contributed by atoms with van der Waals surface area (Å²) < 4.78 is 4.89. The fourth-order valence-electron chi connectivity index (χ4n) is 3.67. The van der Waals surface area contributed by atoms with Gasteiger partial charge in [0.25, 0.3) is 0 Å². The molecule has 1 aromatic rings. The molecule has 21 heavy (non-hydrogen) atoms. The van der Waals surface area contributed by atoms with Gasteiger partial charge in [-0.2, -0.15) is 0 Å². The Kier molecular flexibility index (Phi) is 3.44. The number of nitrogens with one attached hydrogen (secondary N) is 1. The number of nitrogens with zero attached hydrogens (tertiary/aromatic N) is 2. The lowest BCUT2D eigenvalue weighted by Crippen LogP contribution is -2.37. The van der Waals surface area contributed by atoms with E-state index < -0.39 is 11.4 Å². The summed E-state index contributed by atoms with van der Waals surface area (Å²) in [5.41, 5.74) is -0.648. The van der Waals surface area contributed by atoms with Gasteiger partial charge in [0.15, 0.2) is 5.82 Å². The van der Waals surface area contributed by atoms with Crippen molar-refractivity contribution in [2.45, 2.75) is 26.2 Å². The Labute approximate surface area is 122 Å². The second kappa shape index (κ2) is 5.14. The van der Waals surface area contributed by atoms with E-state index in [4.69, 9.17) is 4.52 Å². The highest BCUT2D eigenvalue weighted by Gasteiger charge is 2.54. The predicted molar refractivity (Wildman–Crippen MR) is 73.7 cm³/mol. The first-order chi connectivity index (χ1) is 9.99. The molecule has 114 valence electrons. The van der Waals surface area contributed by atoms with Gasteiger partial charge in [0, 0.05) is 19.2 Å². The monoisotopic (exact) mass is 293 g/mol. The molecule has 2 aliphatic rings. The number of carbonyl (C=O) groups excluding carboxylic acids is 1. The van der Waals surface area contributed by atoms with E-state index in [9.17, 15) is 14.7 Å². The lowest BCUT2D eigenvalue weighted by atomic mass is 9.81. The van der Waals surface area contributed by atoms with Crippen LogP contribution in [0, 0.1) is 18.3 Å². The summed E-state index contributed by atoms with van der Waals surface area (Å²) >= 11 is 0. The zero-order valence-electron chi connectivity index (χ0n) is 12.0. The Morgan fingerprint density at radius 3 is 3.05 bits per heavy atom. The van der Waals surface area contributed by atoms with Gasteiger partial charge in [-0.1, -0.05) is 11.6 Å². The maximum Gasteiger partial charge on any atom is 0.311 e. The summed E-state index contributed by atoms with van der Waals surface area (Å²) in [5.74, 6) is 0.275. The van der Waals surface area contributed by atoms with E-state index >= 15 is 0 Å². The number of rotatable bonds is 4. The van der Waals surface area contributed by atoms with E-state index in [2.05, 4.69) is 10.5 Å². The van der Waals surface area contributed by atoms with Crippen molar-refractivity contribution in [3.63, 3.8) is 0 Å². The van der Waals surface area contributed by atoms with E-state index in [0.717, 1.165) is 12.8 Å². The third-order valence-electron chi connectivity index (χ3n) is 4.63. The molecule has 1 saturated carbocycles. The third kappa shape index (κ3) is 2.53.